The minimum absolute atomic E-state index is 0.0238. The van der Waals surface area contributed by atoms with Crippen LogP contribution in [0.3, 0.4) is 0 Å². The second kappa shape index (κ2) is 4.40. The van der Waals surface area contributed by atoms with Gasteiger partial charge in [-0.15, -0.1) is 0 Å². The quantitative estimate of drug-likeness (QED) is 0.567. The Bertz CT molecular complexity index is 395. The van der Waals surface area contributed by atoms with Crippen LogP contribution >= 0.6 is 0 Å². The van der Waals surface area contributed by atoms with Gasteiger partial charge in [-0.05, 0) is 26.0 Å². The van der Waals surface area contributed by atoms with Gasteiger partial charge >= 0.3 is 0 Å². The first-order valence-electron chi connectivity index (χ1n) is 4.83. The summed E-state index contributed by atoms with van der Waals surface area (Å²) in [6, 6.07) is 4.12. The number of nitrogens with one attached hydrogen (secondary N) is 1. The summed E-state index contributed by atoms with van der Waals surface area (Å²) in [5.74, 6) is -1.36. The number of amides is 1. The van der Waals surface area contributed by atoms with Crippen molar-refractivity contribution in [3.05, 3.63) is 23.8 Å². The lowest BCUT2D eigenvalue weighted by atomic mass is 10.1. The molecule has 0 spiro atoms. The molecule has 0 saturated carbocycles. The Morgan fingerprint density at radius 3 is 2.56 bits per heavy atom. The van der Waals surface area contributed by atoms with E-state index in [1.165, 1.54) is 18.2 Å². The van der Waals surface area contributed by atoms with Crippen molar-refractivity contribution in [2.24, 2.45) is 0 Å². The molecule has 0 unspecified atom stereocenters. The Kier molecular flexibility index (Phi) is 3.39. The van der Waals surface area contributed by atoms with Crippen LogP contribution < -0.4 is 5.32 Å². The van der Waals surface area contributed by atoms with Crippen molar-refractivity contribution >= 4 is 5.91 Å². The number of carbonyl (C=O) groups excluding carboxylic acids is 1. The second-order valence-corrected chi connectivity index (χ2v) is 4.17. The van der Waals surface area contributed by atoms with E-state index < -0.39 is 17.3 Å². The molecule has 0 fully saturated rings. The molecule has 0 heterocycles. The van der Waals surface area contributed by atoms with Crippen molar-refractivity contribution in [2.45, 2.75) is 19.4 Å². The summed E-state index contributed by atoms with van der Waals surface area (Å²) in [7, 11) is 0. The third kappa shape index (κ3) is 3.13. The van der Waals surface area contributed by atoms with E-state index >= 15 is 0 Å². The number of aromatic hydroxyl groups is 2. The number of hydrogen-bond acceptors (Lipinski definition) is 4. The van der Waals surface area contributed by atoms with Gasteiger partial charge < -0.3 is 20.6 Å². The lowest BCUT2D eigenvalue weighted by molar-refractivity contribution is 0.0692. The van der Waals surface area contributed by atoms with Crippen LogP contribution in [0, 0.1) is 0 Å². The highest BCUT2D eigenvalue weighted by Gasteiger charge is 2.17. The molecule has 0 atom stereocenters. The SMILES string of the molecule is CC(C)(O)CNC(=O)c1cccc(O)c1O. The number of benzene rings is 1. The molecule has 5 heteroatoms. The molecular formula is C11H15NO4. The highest BCUT2D eigenvalue weighted by Crippen LogP contribution is 2.27. The molecule has 0 bridgehead atoms. The summed E-state index contributed by atoms with van der Waals surface area (Å²) in [6.45, 7) is 3.16. The molecule has 0 aliphatic carbocycles. The monoisotopic (exact) mass is 225 g/mol. The molecule has 1 aromatic rings. The minimum atomic E-state index is -1.03. The molecule has 1 aromatic carbocycles. The van der Waals surface area contributed by atoms with Gasteiger partial charge in [0.2, 0.25) is 0 Å². The summed E-state index contributed by atoms with van der Waals surface area (Å²) >= 11 is 0. The van der Waals surface area contributed by atoms with E-state index in [4.69, 9.17) is 0 Å². The maximum absolute atomic E-state index is 11.6. The predicted octanol–water partition coefficient (Wildman–Crippen LogP) is 0.599. The number of rotatable bonds is 3. The number of aliphatic hydroxyl groups is 1. The molecule has 0 radical (unpaired) electrons. The van der Waals surface area contributed by atoms with Crippen LogP contribution in [0.25, 0.3) is 0 Å². The average molecular weight is 225 g/mol. The lowest BCUT2D eigenvalue weighted by Gasteiger charge is -2.17. The van der Waals surface area contributed by atoms with Gasteiger partial charge in [0.25, 0.3) is 5.91 Å². The fourth-order valence-electron chi connectivity index (χ4n) is 1.11. The summed E-state index contributed by atoms with van der Waals surface area (Å²) in [4.78, 5) is 11.6. The van der Waals surface area contributed by atoms with Gasteiger partial charge in [-0.2, -0.15) is 0 Å². The van der Waals surface area contributed by atoms with Gasteiger partial charge in [-0.1, -0.05) is 6.07 Å². The van der Waals surface area contributed by atoms with Crippen molar-refractivity contribution in [2.75, 3.05) is 6.54 Å². The molecule has 0 aliphatic heterocycles. The van der Waals surface area contributed by atoms with Crippen LogP contribution in [0.15, 0.2) is 18.2 Å². The molecule has 5 nitrogen and oxygen atoms in total. The van der Waals surface area contributed by atoms with Crippen LogP contribution in [0.2, 0.25) is 0 Å². The van der Waals surface area contributed by atoms with Crippen molar-refractivity contribution in [1.29, 1.82) is 0 Å². The molecule has 0 aromatic heterocycles. The third-order valence-electron chi connectivity index (χ3n) is 1.94. The molecule has 4 N–H and O–H groups in total. The van der Waals surface area contributed by atoms with Crippen LogP contribution in [0.4, 0.5) is 0 Å². The Labute approximate surface area is 93.4 Å². The van der Waals surface area contributed by atoms with Crippen molar-refractivity contribution in [3.63, 3.8) is 0 Å². The first-order chi connectivity index (χ1) is 7.31. The van der Waals surface area contributed by atoms with Gasteiger partial charge in [0.15, 0.2) is 11.5 Å². The highest BCUT2D eigenvalue weighted by molar-refractivity contribution is 5.97. The average Bonchev–Trinajstić information content (AvgIpc) is 2.17. The topological polar surface area (TPSA) is 89.8 Å². The van der Waals surface area contributed by atoms with Crippen molar-refractivity contribution in [1.82, 2.24) is 5.32 Å². The zero-order chi connectivity index (χ0) is 12.3. The first-order valence-corrected chi connectivity index (χ1v) is 4.83. The van der Waals surface area contributed by atoms with E-state index in [2.05, 4.69) is 5.32 Å². The first kappa shape index (κ1) is 12.3. The fourth-order valence-corrected chi connectivity index (χ4v) is 1.11. The van der Waals surface area contributed by atoms with E-state index in [0.29, 0.717) is 0 Å². The molecule has 0 aliphatic rings. The normalized spacial score (nSPS) is 11.2. The van der Waals surface area contributed by atoms with E-state index in [9.17, 15) is 20.1 Å². The third-order valence-corrected chi connectivity index (χ3v) is 1.94. The number of phenolic OH excluding ortho intramolecular Hbond substituents is 2. The van der Waals surface area contributed by atoms with Crippen molar-refractivity contribution in [3.8, 4) is 11.5 Å². The zero-order valence-corrected chi connectivity index (χ0v) is 9.19. The van der Waals surface area contributed by atoms with E-state index in [1.54, 1.807) is 13.8 Å². The highest BCUT2D eigenvalue weighted by atomic mass is 16.3. The van der Waals surface area contributed by atoms with Crippen molar-refractivity contribution < 1.29 is 20.1 Å². The number of para-hydroxylation sites is 1. The maximum Gasteiger partial charge on any atom is 0.255 e. The van der Waals surface area contributed by atoms with Gasteiger partial charge in [-0.25, -0.2) is 0 Å². The lowest BCUT2D eigenvalue weighted by Crippen LogP contribution is -2.38. The number of phenols is 2. The second-order valence-electron chi connectivity index (χ2n) is 4.17. The Balaban J connectivity index is 2.78. The van der Waals surface area contributed by atoms with E-state index in [1.807, 2.05) is 0 Å². The van der Waals surface area contributed by atoms with Crippen LogP contribution in [-0.2, 0) is 0 Å². The Morgan fingerprint density at radius 2 is 2.00 bits per heavy atom. The van der Waals surface area contributed by atoms with Gasteiger partial charge in [0.05, 0.1) is 11.2 Å². The van der Waals surface area contributed by atoms with Crippen LogP contribution in [0.5, 0.6) is 11.5 Å². The standard InChI is InChI=1S/C11H15NO4/c1-11(2,16)6-12-10(15)7-4-3-5-8(13)9(7)14/h3-5,13-14,16H,6H2,1-2H3,(H,12,15). The molecule has 0 saturated heterocycles. The molecular weight excluding hydrogens is 210 g/mol. The van der Waals surface area contributed by atoms with E-state index in [0.717, 1.165) is 0 Å². The van der Waals surface area contributed by atoms with Crippen LogP contribution in [-0.4, -0.2) is 33.4 Å². The van der Waals surface area contributed by atoms with E-state index in [-0.39, 0.29) is 17.9 Å². The predicted molar refractivity (Wildman–Crippen MR) is 58.4 cm³/mol. The smallest absolute Gasteiger partial charge is 0.255 e. The van der Waals surface area contributed by atoms with Gasteiger partial charge in [0, 0.05) is 6.54 Å². The molecule has 16 heavy (non-hydrogen) atoms. The molecule has 1 rings (SSSR count). The van der Waals surface area contributed by atoms with Gasteiger partial charge in [-0.3, -0.25) is 4.79 Å². The maximum atomic E-state index is 11.6. The summed E-state index contributed by atoms with van der Waals surface area (Å²) in [5, 5.41) is 30.5. The summed E-state index contributed by atoms with van der Waals surface area (Å²) in [6.07, 6.45) is 0. The number of carbonyl (C=O) groups is 1. The van der Waals surface area contributed by atoms with Crippen LogP contribution in [0.1, 0.15) is 24.2 Å². The molecule has 1 amide bonds. The summed E-state index contributed by atoms with van der Waals surface area (Å²) < 4.78 is 0. The number of hydrogen-bond donors (Lipinski definition) is 4. The fraction of sp³-hybridized carbons (Fsp3) is 0.364. The largest absolute Gasteiger partial charge is 0.504 e. The Hall–Kier alpha value is -1.75. The molecule has 88 valence electrons. The zero-order valence-electron chi connectivity index (χ0n) is 9.19. The summed E-state index contributed by atoms with van der Waals surface area (Å²) in [5.41, 5.74) is -1.05. The Morgan fingerprint density at radius 1 is 1.38 bits per heavy atom. The minimum Gasteiger partial charge on any atom is -0.504 e. The van der Waals surface area contributed by atoms with Gasteiger partial charge in [0.1, 0.15) is 0 Å².